The summed E-state index contributed by atoms with van der Waals surface area (Å²) < 4.78 is 0.868. The summed E-state index contributed by atoms with van der Waals surface area (Å²) in [6, 6.07) is 3.97. The normalized spacial score (nSPS) is 10.2. The molecule has 0 N–H and O–H groups in total. The molecule has 1 aromatic heterocycles. The van der Waals surface area contributed by atoms with Crippen molar-refractivity contribution in [2.24, 2.45) is 0 Å². The average molecular weight is 192 g/mol. The van der Waals surface area contributed by atoms with Crippen LogP contribution in [0.2, 0.25) is 4.34 Å². The molecule has 10 heavy (non-hydrogen) atoms. The van der Waals surface area contributed by atoms with Crippen LogP contribution in [0.1, 0.15) is 4.88 Å². The van der Waals surface area contributed by atoms with E-state index in [4.69, 9.17) is 11.6 Å². The van der Waals surface area contributed by atoms with Crippen molar-refractivity contribution in [2.45, 2.75) is 0 Å². The van der Waals surface area contributed by atoms with Gasteiger partial charge in [0.25, 0.3) is 0 Å². The van der Waals surface area contributed by atoms with Gasteiger partial charge in [-0.1, -0.05) is 11.6 Å². The van der Waals surface area contributed by atoms with Gasteiger partial charge in [0.2, 0.25) is 0 Å². The second-order valence-electron chi connectivity index (χ2n) is 1.80. The molecule has 0 atom stereocenters. The van der Waals surface area contributed by atoms with Gasteiger partial charge in [-0.2, -0.15) is 11.8 Å². The Bertz CT molecular complexity index is 195. The Labute approximate surface area is 74.6 Å². The fourth-order valence-electron chi connectivity index (χ4n) is 0.603. The highest BCUT2D eigenvalue weighted by Crippen LogP contribution is 2.23. The summed E-state index contributed by atoms with van der Waals surface area (Å²) >= 11 is 9.17. The highest BCUT2D eigenvalue weighted by Gasteiger charge is 1.96. The van der Waals surface area contributed by atoms with Gasteiger partial charge in [0.05, 0.1) is 4.34 Å². The van der Waals surface area contributed by atoms with E-state index >= 15 is 0 Å². The molecule has 0 bridgehead atoms. The van der Waals surface area contributed by atoms with E-state index in [1.165, 1.54) is 4.88 Å². The second kappa shape index (κ2) is 4.27. The third kappa shape index (κ3) is 2.52. The van der Waals surface area contributed by atoms with Crippen LogP contribution < -0.4 is 0 Å². The molecule has 0 aliphatic heterocycles. The van der Waals surface area contributed by atoms with Crippen molar-refractivity contribution in [2.75, 3.05) is 12.0 Å². The summed E-state index contributed by atoms with van der Waals surface area (Å²) in [5, 5.41) is 0. The number of rotatable bonds is 3. The molecule has 0 spiro atoms. The molecule has 0 fully saturated rings. The van der Waals surface area contributed by atoms with Crippen LogP contribution >= 0.6 is 34.7 Å². The summed E-state index contributed by atoms with van der Waals surface area (Å²) in [4.78, 5) is 1.26. The Morgan fingerprint density at radius 2 is 2.50 bits per heavy atom. The second-order valence-corrected chi connectivity index (χ2v) is 4.46. The Hall–Kier alpha value is 0.340. The average Bonchev–Trinajstić information content (AvgIpc) is 2.31. The highest BCUT2D eigenvalue weighted by molar-refractivity contribution is 7.98. The van der Waals surface area contributed by atoms with Crippen LogP contribution in [0.25, 0.3) is 0 Å². The van der Waals surface area contributed by atoms with Crippen LogP contribution in [0, 0.1) is 6.42 Å². The summed E-state index contributed by atoms with van der Waals surface area (Å²) in [5.74, 6) is 1.07. The van der Waals surface area contributed by atoms with Gasteiger partial charge in [-0.05, 0) is 18.4 Å². The molecule has 0 saturated carbocycles. The van der Waals surface area contributed by atoms with E-state index in [9.17, 15) is 0 Å². The van der Waals surface area contributed by atoms with E-state index in [-0.39, 0.29) is 0 Å². The summed E-state index contributed by atoms with van der Waals surface area (Å²) in [6.07, 6.45) is 4.27. The molecule has 0 aliphatic carbocycles. The maximum absolute atomic E-state index is 5.73. The van der Waals surface area contributed by atoms with Gasteiger partial charge in [0.1, 0.15) is 0 Å². The first-order valence-electron chi connectivity index (χ1n) is 2.90. The van der Waals surface area contributed by atoms with Crippen molar-refractivity contribution in [3.63, 3.8) is 0 Å². The lowest BCUT2D eigenvalue weighted by molar-refractivity contribution is 1.54. The summed E-state index contributed by atoms with van der Waals surface area (Å²) in [5.41, 5.74) is 0. The minimum Gasteiger partial charge on any atom is -0.165 e. The number of halogens is 1. The minimum atomic E-state index is 0.868. The Morgan fingerprint density at radius 3 is 3.00 bits per heavy atom. The largest absolute Gasteiger partial charge is 0.165 e. The van der Waals surface area contributed by atoms with E-state index in [2.05, 4.69) is 12.7 Å². The van der Waals surface area contributed by atoms with Crippen LogP contribution in [0.15, 0.2) is 12.1 Å². The zero-order chi connectivity index (χ0) is 7.40. The Kier molecular flexibility index (Phi) is 3.60. The van der Waals surface area contributed by atoms with Gasteiger partial charge in [-0.3, -0.25) is 0 Å². The minimum absolute atomic E-state index is 0.868. The molecule has 0 aromatic carbocycles. The molecular weight excluding hydrogens is 184 g/mol. The quantitative estimate of drug-likeness (QED) is 0.707. The third-order valence-electron chi connectivity index (χ3n) is 1.05. The van der Waals surface area contributed by atoms with Gasteiger partial charge in [-0.15, -0.1) is 11.3 Å². The maximum atomic E-state index is 5.73. The summed E-state index contributed by atoms with van der Waals surface area (Å²) in [6.45, 7) is 0. The molecule has 1 heterocycles. The first-order valence-corrected chi connectivity index (χ1v) is 5.49. The fraction of sp³-hybridized carbons (Fsp3) is 0.286. The van der Waals surface area contributed by atoms with Crippen LogP contribution in [0.4, 0.5) is 0 Å². The lowest BCUT2D eigenvalue weighted by Crippen LogP contribution is -1.76. The van der Waals surface area contributed by atoms with Crippen LogP contribution in [0.5, 0.6) is 0 Å². The molecule has 55 valence electrons. The number of hydrogen-bond acceptors (Lipinski definition) is 2. The van der Waals surface area contributed by atoms with Gasteiger partial charge in [-0.25, -0.2) is 0 Å². The maximum Gasteiger partial charge on any atom is 0.0931 e. The Morgan fingerprint density at radius 1 is 1.70 bits per heavy atom. The van der Waals surface area contributed by atoms with Gasteiger partial charge >= 0.3 is 0 Å². The van der Waals surface area contributed by atoms with Gasteiger partial charge < -0.3 is 0 Å². The molecule has 3 heteroatoms. The summed E-state index contributed by atoms with van der Waals surface area (Å²) in [7, 11) is 0. The monoisotopic (exact) mass is 191 g/mol. The lowest BCUT2D eigenvalue weighted by Gasteiger charge is -1.90. The fourth-order valence-corrected chi connectivity index (χ4v) is 2.05. The molecule has 0 amide bonds. The van der Waals surface area contributed by atoms with Crippen molar-refractivity contribution in [3.05, 3.63) is 27.8 Å². The van der Waals surface area contributed by atoms with E-state index in [0.717, 1.165) is 10.1 Å². The van der Waals surface area contributed by atoms with Gasteiger partial charge in [0, 0.05) is 17.1 Å². The molecule has 1 rings (SSSR count). The topological polar surface area (TPSA) is 0 Å². The predicted molar refractivity (Wildman–Crippen MR) is 51.1 cm³/mol. The SMILES string of the molecule is CSC[CH]c1ccc(Cl)s1. The Balaban J connectivity index is 2.42. The zero-order valence-corrected chi connectivity index (χ0v) is 8.02. The van der Waals surface area contributed by atoms with Crippen LogP contribution in [-0.2, 0) is 0 Å². The van der Waals surface area contributed by atoms with Crippen molar-refractivity contribution in [3.8, 4) is 0 Å². The highest BCUT2D eigenvalue weighted by atomic mass is 35.5. The van der Waals surface area contributed by atoms with Crippen molar-refractivity contribution in [1.82, 2.24) is 0 Å². The van der Waals surface area contributed by atoms with Crippen LogP contribution in [0.3, 0.4) is 0 Å². The number of thioether (sulfide) groups is 1. The smallest absolute Gasteiger partial charge is 0.0931 e. The molecule has 0 aliphatic rings. The van der Waals surface area contributed by atoms with Gasteiger partial charge in [0.15, 0.2) is 0 Å². The molecule has 0 saturated heterocycles. The first kappa shape index (κ1) is 8.44. The van der Waals surface area contributed by atoms with E-state index < -0.39 is 0 Å². The van der Waals surface area contributed by atoms with E-state index in [1.807, 2.05) is 23.9 Å². The molecule has 1 aromatic rings. The zero-order valence-electron chi connectivity index (χ0n) is 5.63. The van der Waals surface area contributed by atoms with Crippen molar-refractivity contribution < 1.29 is 0 Å². The standard InChI is InChI=1S/C7H8ClS2/c1-9-5-4-6-2-3-7(8)10-6/h2-4H,5H2,1H3. The third-order valence-corrected chi connectivity index (χ3v) is 2.77. The molecular formula is C7H8ClS2. The van der Waals surface area contributed by atoms with Crippen molar-refractivity contribution >= 4 is 34.7 Å². The van der Waals surface area contributed by atoms with E-state index in [0.29, 0.717) is 0 Å². The van der Waals surface area contributed by atoms with Crippen molar-refractivity contribution in [1.29, 1.82) is 0 Å². The molecule has 0 nitrogen and oxygen atoms in total. The van der Waals surface area contributed by atoms with E-state index in [1.54, 1.807) is 11.3 Å². The number of thiophene rings is 1. The molecule has 1 radical (unpaired) electrons. The lowest BCUT2D eigenvalue weighted by atomic mass is 10.4. The number of hydrogen-bond donors (Lipinski definition) is 0. The predicted octanol–water partition coefficient (Wildman–Crippen LogP) is 3.32. The molecule has 0 unspecified atom stereocenters. The first-order chi connectivity index (χ1) is 4.83. The van der Waals surface area contributed by atoms with Crippen LogP contribution in [-0.4, -0.2) is 12.0 Å².